The molecule has 27 heavy (non-hydrogen) atoms. The van der Waals surface area contributed by atoms with E-state index in [-0.39, 0.29) is 11.5 Å². The lowest BCUT2D eigenvalue weighted by atomic mass is 10.2. The quantitative estimate of drug-likeness (QED) is 0.521. The number of benzene rings is 1. The number of thiol groups is 1. The highest BCUT2D eigenvalue weighted by molar-refractivity contribution is 8.29. The van der Waals surface area contributed by atoms with E-state index in [1.54, 1.807) is 24.5 Å². The molecule has 0 aliphatic carbocycles. The highest BCUT2D eigenvalue weighted by Gasteiger charge is 2.34. The van der Waals surface area contributed by atoms with Crippen molar-refractivity contribution in [3.63, 3.8) is 0 Å². The molecule has 10 heteroatoms. The lowest BCUT2D eigenvalue weighted by molar-refractivity contribution is -0.138. The summed E-state index contributed by atoms with van der Waals surface area (Å²) in [5.74, 6) is -0.604. The molecular formula is C17H13Cl2N3O3S2. The van der Waals surface area contributed by atoms with Gasteiger partial charge < -0.3 is 10.4 Å². The van der Waals surface area contributed by atoms with Gasteiger partial charge >= 0.3 is 5.97 Å². The van der Waals surface area contributed by atoms with E-state index in [4.69, 9.17) is 28.3 Å². The Balaban J connectivity index is 1.72. The third kappa shape index (κ3) is 3.50. The Labute approximate surface area is 170 Å². The Morgan fingerprint density at radius 2 is 2.15 bits per heavy atom. The van der Waals surface area contributed by atoms with Crippen LogP contribution >= 0.6 is 45.4 Å². The number of nitrogens with zero attached hydrogens (tertiary/aromatic N) is 2. The fourth-order valence-electron chi connectivity index (χ4n) is 2.94. The number of pyridine rings is 1. The van der Waals surface area contributed by atoms with Gasteiger partial charge in [-0.2, -0.15) is 10.9 Å². The molecule has 0 radical (unpaired) electrons. The summed E-state index contributed by atoms with van der Waals surface area (Å²) in [5, 5.41) is 13.6. The van der Waals surface area contributed by atoms with Gasteiger partial charge in [-0.15, -0.1) is 11.3 Å². The molecule has 140 valence electrons. The Kier molecular flexibility index (Phi) is 4.98. The number of hydrogen-bond acceptors (Lipinski definition) is 6. The Bertz CT molecular complexity index is 1070. The second-order valence-corrected chi connectivity index (χ2v) is 9.92. The zero-order valence-corrected chi connectivity index (χ0v) is 16.9. The Hall–Kier alpha value is -1.87. The van der Waals surface area contributed by atoms with Crippen molar-refractivity contribution in [1.29, 1.82) is 0 Å². The van der Waals surface area contributed by atoms with Crippen molar-refractivity contribution in [1.82, 2.24) is 9.97 Å². The van der Waals surface area contributed by atoms with E-state index < -0.39 is 22.9 Å². The zero-order chi connectivity index (χ0) is 19.1. The standard InChI is InChI=1S/C17H13Cl2N3O3S2/c18-8-1-2-11-16(15(8)19)22-13(26-11)7-27-12-6-20-4-3-9(12)21-10(17(27)25)5-14(23)24/h1-4,6,10,21,27H,5,7H2,(H,23,24). The van der Waals surface area contributed by atoms with Gasteiger partial charge in [0.25, 0.3) is 0 Å². The monoisotopic (exact) mass is 441 g/mol. The molecule has 1 aliphatic rings. The minimum absolute atomic E-state index is 0.115. The van der Waals surface area contributed by atoms with E-state index in [1.807, 2.05) is 6.07 Å². The van der Waals surface area contributed by atoms with Crippen LogP contribution in [0, 0.1) is 0 Å². The van der Waals surface area contributed by atoms with Gasteiger partial charge in [0.2, 0.25) is 0 Å². The largest absolute Gasteiger partial charge is 0.481 e. The van der Waals surface area contributed by atoms with Crippen LogP contribution in [-0.4, -0.2) is 32.2 Å². The summed E-state index contributed by atoms with van der Waals surface area (Å²) < 4.78 is 0.894. The lowest BCUT2D eigenvalue weighted by Crippen LogP contribution is -2.35. The van der Waals surface area contributed by atoms with Gasteiger partial charge in [-0.05, 0) is 18.2 Å². The van der Waals surface area contributed by atoms with E-state index in [0.29, 0.717) is 21.3 Å². The number of aliphatic carboxylic acids is 1. The highest BCUT2D eigenvalue weighted by Crippen LogP contribution is 2.49. The van der Waals surface area contributed by atoms with Gasteiger partial charge in [-0.1, -0.05) is 23.2 Å². The summed E-state index contributed by atoms with van der Waals surface area (Å²) in [4.78, 5) is 33.6. The van der Waals surface area contributed by atoms with Crippen LogP contribution in [0.5, 0.6) is 0 Å². The Morgan fingerprint density at radius 1 is 1.33 bits per heavy atom. The van der Waals surface area contributed by atoms with Crippen molar-refractivity contribution in [3.05, 3.63) is 45.6 Å². The fraction of sp³-hybridized carbons (Fsp3) is 0.176. The molecule has 2 atom stereocenters. The summed E-state index contributed by atoms with van der Waals surface area (Å²) in [7, 11) is -1.30. The number of thiazole rings is 1. The van der Waals surface area contributed by atoms with Crippen LogP contribution in [0.4, 0.5) is 5.69 Å². The number of fused-ring (bicyclic) bond motifs is 2. The molecule has 0 bridgehead atoms. The molecule has 2 N–H and O–H groups in total. The first-order valence-corrected chi connectivity index (χ1v) is 11.0. The first-order chi connectivity index (χ1) is 12.9. The molecular weight excluding hydrogens is 429 g/mol. The number of carboxylic acid groups (broad SMARTS) is 1. The predicted octanol–water partition coefficient (Wildman–Crippen LogP) is 4.35. The normalized spacial score (nSPS) is 20.3. The topological polar surface area (TPSA) is 92.2 Å². The van der Waals surface area contributed by atoms with E-state index in [9.17, 15) is 9.59 Å². The van der Waals surface area contributed by atoms with E-state index in [2.05, 4.69) is 15.3 Å². The summed E-state index contributed by atoms with van der Waals surface area (Å²) in [6, 6.07) is 4.58. The van der Waals surface area contributed by atoms with E-state index in [0.717, 1.165) is 20.3 Å². The smallest absolute Gasteiger partial charge is 0.305 e. The maximum absolute atomic E-state index is 13.0. The van der Waals surface area contributed by atoms with Gasteiger partial charge in [0.1, 0.15) is 16.6 Å². The average molecular weight is 442 g/mol. The molecule has 0 amide bonds. The molecule has 0 saturated carbocycles. The number of halogens is 2. The fourth-order valence-corrected chi connectivity index (χ4v) is 6.85. The first kappa shape index (κ1) is 18.5. The molecule has 0 spiro atoms. The molecule has 1 aromatic carbocycles. The van der Waals surface area contributed by atoms with Crippen molar-refractivity contribution in [2.75, 3.05) is 5.32 Å². The maximum atomic E-state index is 13.0. The maximum Gasteiger partial charge on any atom is 0.305 e. The first-order valence-electron chi connectivity index (χ1n) is 7.91. The van der Waals surface area contributed by atoms with Crippen LogP contribution in [0.25, 0.3) is 10.2 Å². The van der Waals surface area contributed by atoms with Crippen LogP contribution in [-0.2, 0) is 15.3 Å². The van der Waals surface area contributed by atoms with Gasteiger partial charge in [-0.25, -0.2) is 4.98 Å². The van der Waals surface area contributed by atoms with Crippen molar-refractivity contribution in [3.8, 4) is 0 Å². The van der Waals surface area contributed by atoms with Gasteiger partial charge in [-0.3, -0.25) is 14.6 Å². The van der Waals surface area contributed by atoms with Crippen molar-refractivity contribution >= 4 is 72.4 Å². The number of rotatable bonds is 4. The SMILES string of the molecule is O=C(O)CC1Nc2ccncc2[SH](Cc2nc3c(Cl)c(Cl)ccc3s2)C1=O. The number of hydrogen-bond donors (Lipinski definition) is 3. The van der Waals surface area contributed by atoms with Crippen LogP contribution < -0.4 is 5.32 Å². The lowest BCUT2D eigenvalue weighted by Gasteiger charge is -2.32. The van der Waals surface area contributed by atoms with E-state index >= 15 is 0 Å². The number of carbonyl (C=O) groups excluding carboxylic acids is 1. The molecule has 4 rings (SSSR count). The number of aromatic nitrogens is 2. The van der Waals surface area contributed by atoms with Gasteiger partial charge in [0.15, 0.2) is 5.12 Å². The van der Waals surface area contributed by atoms with Gasteiger partial charge in [0.05, 0.1) is 26.9 Å². The minimum atomic E-state index is -1.30. The predicted molar refractivity (Wildman–Crippen MR) is 110 cm³/mol. The van der Waals surface area contributed by atoms with Crippen LogP contribution in [0.15, 0.2) is 35.5 Å². The Morgan fingerprint density at radius 3 is 2.93 bits per heavy atom. The van der Waals surface area contributed by atoms with Gasteiger partial charge in [0, 0.05) is 23.0 Å². The summed E-state index contributed by atoms with van der Waals surface area (Å²) in [6.07, 6.45) is 3.02. The van der Waals surface area contributed by atoms with Crippen LogP contribution in [0.2, 0.25) is 10.0 Å². The molecule has 3 aromatic rings. The number of carbonyl (C=O) groups is 2. The molecule has 2 unspecified atom stereocenters. The molecule has 1 aliphatic heterocycles. The third-order valence-corrected chi connectivity index (χ3v) is 8.58. The number of anilines is 1. The zero-order valence-electron chi connectivity index (χ0n) is 13.6. The van der Waals surface area contributed by atoms with Crippen molar-refractivity contribution in [2.45, 2.75) is 23.1 Å². The second-order valence-electron chi connectivity index (χ2n) is 5.93. The van der Waals surface area contributed by atoms with Crippen LogP contribution in [0.3, 0.4) is 0 Å². The second kappa shape index (κ2) is 7.27. The molecule has 3 heterocycles. The number of nitrogens with one attached hydrogen (secondary N) is 1. The van der Waals surface area contributed by atoms with Crippen molar-refractivity contribution < 1.29 is 14.7 Å². The molecule has 0 saturated heterocycles. The number of carboxylic acids is 1. The van der Waals surface area contributed by atoms with E-state index in [1.165, 1.54) is 11.3 Å². The summed E-state index contributed by atoms with van der Waals surface area (Å²) in [5.41, 5.74) is 1.37. The average Bonchev–Trinajstić information content (AvgIpc) is 3.05. The third-order valence-electron chi connectivity index (χ3n) is 4.15. The van der Waals surface area contributed by atoms with Crippen molar-refractivity contribution in [2.24, 2.45) is 0 Å². The summed E-state index contributed by atoms with van der Waals surface area (Å²) >= 11 is 13.8. The van der Waals surface area contributed by atoms with Crippen LogP contribution in [0.1, 0.15) is 11.4 Å². The highest BCUT2D eigenvalue weighted by atomic mass is 35.5. The molecule has 0 fully saturated rings. The molecule has 2 aromatic heterocycles. The summed E-state index contributed by atoms with van der Waals surface area (Å²) in [6.45, 7) is 0. The molecule has 6 nitrogen and oxygen atoms in total. The minimum Gasteiger partial charge on any atom is -0.481 e.